The maximum Gasteiger partial charge on any atom is 0.213 e. The van der Waals surface area contributed by atoms with Gasteiger partial charge in [-0.05, 0) is 29.8 Å². The van der Waals surface area contributed by atoms with Crippen LogP contribution in [0.5, 0.6) is 11.6 Å². The van der Waals surface area contributed by atoms with Gasteiger partial charge in [-0.25, -0.2) is 4.98 Å². The molecule has 120 valence electrons. The molecule has 2 aromatic carbocycles. The van der Waals surface area contributed by atoms with E-state index in [0.29, 0.717) is 29.5 Å². The molecule has 0 spiro atoms. The highest BCUT2D eigenvalue weighted by Crippen LogP contribution is 2.31. The van der Waals surface area contributed by atoms with Crippen molar-refractivity contribution < 1.29 is 14.3 Å². The summed E-state index contributed by atoms with van der Waals surface area (Å²) in [7, 11) is 1.57. The molecule has 4 nitrogen and oxygen atoms in total. The summed E-state index contributed by atoms with van der Waals surface area (Å²) >= 11 is 0. The maximum atomic E-state index is 11.1. The van der Waals surface area contributed by atoms with Gasteiger partial charge in [-0.2, -0.15) is 0 Å². The van der Waals surface area contributed by atoms with E-state index in [1.165, 1.54) is 0 Å². The molecule has 0 aliphatic rings. The van der Waals surface area contributed by atoms with Crippen LogP contribution in [0.25, 0.3) is 11.3 Å². The van der Waals surface area contributed by atoms with Crippen molar-refractivity contribution >= 4 is 6.29 Å². The van der Waals surface area contributed by atoms with Crippen molar-refractivity contribution in [1.82, 2.24) is 4.98 Å². The number of aldehydes is 1. The molecule has 24 heavy (non-hydrogen) atoms. The van der Waals surface area contributed by atoms with Crippen LogP contribution in [0.3, 0.4) is 0 Å². The van der Waals surface area contributed by atoms with Crippen molar-refractivity contribution in [2.75, 3.05) is 7.11 Å². The molecule has 0 aliphatic carbocycles. The predicted octanol–water partition coefficient (Wildman–Crippen LogP) is 4.15. The first-order valence-electron chi connectivity index (χ1n) is 7.57. The highest BCUT2D eigenvalue weighted by molar-refractivity contribution is 5.80. The van der Waals surface area contributed by atoms with E-state index in [-0.39, 0.29) is 0 Å². The monoisotopic (exact) mass is 319 g/mol. The smallest absolute Gasteiger partial charge is 0.213 e. The number of carbonyl (C=O) groups is 1. The zero-order chi connectivity index (χ0) is 16.8. The Morgan fingerprint density at radius 2 is 1.83 bits per heavy atom. The number of nitrogens with zero attached hydrogens (tertiary/aromatic N) is 1. The molecular weight excluding hydrogens is 302 g/mol. The number of hydrogen-bond acceptors (Lipinski definition) is 4. The lowest BCUT2D eigenvalue weighted by molar-refractivity contribution is 0.112. The summed E-state index contributed by atoms with van der Waals surface area (Å²) in [5.74, 6) is 1.18. The number of pyridine rings is 1. The Balaban J connectivity index is 1.94. The fourth-order valence-electron chi connectivity index (χ4n) is 2.36. The van der Waals surface area contributed by atoms with Gasteiger partial charge >= 0.3 is 0 Å². The number of carbonyl (C=O) groups excluding carboxylic acids is 1. The summed E-state index contributed by atoms with van der Waals surface area (Å²) in [6.07, 6.45) is 0.810. The largest absolute Gasteiger partial charge is 0.488 e. The van der Waals surface area contributed by atoms with Crippen LogP contribution in [-0.4, -0.2) is 18.4 Å². The molecule has 0 unspecified atom stereocenters. The minimum Gasteiger partial charge on any atom is -0.488 e. The summed E-state index contributed by atoms with van der Waals surface area (Å²) < 4.78 is 11.1. The minimum atomic E-state index is 0.443. The van der Waals surface area contributed by atoms with E-state index in [4.69, 9.17) is 9.47 Å². The molecular formula is C20H17NO3. The fraction of sp³-hybridized carbons (Fsp3) is 0.100. The average Bonchev–Trinajstić information content (AvgIpc) is 2.67. The zero-order valence-corrected chi connectivity index (χ0v) is 13.3. The van der Waals surface area contributed by atoms with E-state index >= 15 is 0 Å². The number of aromatic nitrogens is 1. The minimum absolute atomic E-state index is 0.443. The van der Waals surface area contributed by atoms with Gasteiger partial charge in [0.1, 0.15) is 18.6 Å². The third-order valence-electron chi connectivity index (χ3n) is 3.59. The van der Waals surface area contributed by atoms with Gasteiger partial charge in [0.25, 0.3) is 0 Å². The van der Waals surface area contributed by atoms with Gasteiger partial charge in [0.05, 0.1) is 12.8 Å². The predicted molar refractivity (Wildman–Crippen MR) is 92.4 cm³/mol. The lowest BCUT2D eigenvalue weighted by Gasteiger charge is -2.12. The molecule has 0 aliphatic heterocycles. The molecule has 0 N–H and O–H groups in total. The fourth-order valence-corrected chi connectivity index (χ4v) is 2.36. The molecule has 1 heterocycles. The van der Waals surface area contributed by atoms with Crippen LogP contribution in [0.2, 0.25) is 0 Å². The second-order valence-corrected chi connectivity index (χ2v) is 5.21. The summed E-state index contributed by atoms with van der Waals surface area (Å²) in [4.78, 5) is 15.6. The molecule has 0 saturated carbocycles. The summed E-state index contributed by atoms with van der Waals surface area (Å²) in [6, 6.07) is 20.7. The van der Waals surface area contributed by atoms with E-state index in [9.17, 15) is 4.79 Å². The molecule has 0 atom stereocenters. The van der Waals surface area contributed by atoms with Crippen molar-refractivity contribution in [3.8, 4) is 22.9 Å². The second kappa shape index (κ2) is 7.42. The van der Waals surface area contributed by atoms with Gasteiger partial charge < -0.3 is 9.47 Å². The molecule has 0 saturated heterocycles. The van der Waals surface area contributed by atoms with Crippen LogP contribution in [0, 0.1) is 0 Å². The van der Waals surface area contributed by atoms with E-state index in [1.54, 1.807) is 31.4 Å². The Labute approximate surface area is 140 Å². The van der Waals surface area contributed by atoms with Crippen molar-refractivity contribution in [2.24, 2.45) is 0 Å². The van der Waals surface area contributed by atoms with Crippen molar-refractivity contribution in [1.29, 1.82) is 0 Å². The summed E-state index contributed by atoms with van der Waals surface area (Å²) in [5.41, 5.74) is 3.10. The average molecular weight is 319 g/mol. The molecule has 0 fully saturated rings. The lowest BCUT2D eigenvalue weighted by atomic mass is 10.1. The van der Waals surface area contributed by atoms with Crippen LogP contribution >= 0.6 is 0 Å². The van der Waals surface area contributed by atoms with Gasteiger partial charge in [-0.3, -0.25) is 4.79 Å². The molecule has 3 rings (SSSR count). The topological polar surface area (TPSA) is 48.4 Å². The Kier molecular flexibility index (Phi) is 4.87. The third kappa shape index (κ3) is 3.60. The highest BCUT2D eigenvalue weighted by atomic mass is 16.5. The maximum absolute atomic E-state index is 11.1. The van der Waals surface area contributed by atoms with E-state index in [2.05, 4.69) is 4.98 Å². The third-order valence-corrected chi connectivity index (χ3v) is 3.59. The van der Waals surface area contributed by atoms with Crippen molar-refractivity contribution in [3.05, 3.63) is 77.9 Å². The van der Waals surface area contributed by atoms with Crippen molar-refractivity contribution in [2.45, 2.75) is 6.61 Å². The van der Waals surface area contributed by atoms with Gasteiger partial charge in [0.2, 0.25) is 5.88 Å². The first-order valence-corrected chi connectivity index (χ1v) is 7.57. The normalized spacial score (nSPS) is 10.2. The van der Waals surface area contributed by atoms with Gasteiger partial charge in [-0.15, -0.1) is 0 Å². The van der Waals surface area contributed by atoms with Crippen LogP contribution in [0.15, 0.2) is 66.7 Å². The van der Waals surface area contributed by atoms with E-state index in [0.717, 1.165) is 17.4 Å². The Hall–Kier alpha value is -3.14. The zero-order valence-electron chi connectivity index (χ0n) is 13.3. The Morgan fingerprint density at radius 3 is 2.58 bits per heavy atom. The summed E-state index contributed by atoms with van der Waals surface area (Å²) in [5, 5.41) is 0. The second-order valence-electron chi connectivity index (χ2n) is 5.21. The molecule has 0 radical (unpaired) electrons. The molecule has 4 heteroatoms. The highest BCUT2D eigenvalue weighted by Gasteiger charge is 2.10. The number of rotatable bonds is 6. The number of methoxy groups -OCH3 is 1. The molecule has 3 aromatic rings. The van der Waals surface area contributed by atoms with Crippen LogP contribution in [-0.2, 0) is 6.61 Å². The summed E-state index contributed by atoms with van der Waals surface area (Å²) in [6.45, 7) is 0.443. The van der Waals surface area contributed by atoms with Crippen LogP contribution in [0.4, 0.5) is 0 Å². The van der Waals surface area contributed by atoms with Crippen LogP contribution in [0.1, 0.15) is 15.9 Å². The Morgan fingerprint density at radius 1 is 1.00 bits per heavy atom. The van der Waals surface area contributed by atoms with Crippen LogP contribution < -0.4 is 9.47 Å². The van der Waals surface area contributed by atoms with Crippen molar-refractivity contribution in [3.63, 3.8) is 0 Å². The van der Waals surface area contributed by atoms with E-state index < -0.39 is 0 Å². The molecule has 0 amide bonds. The molecule has 0 bridgehead atoms. The van der Waals surface area contributed by atoms with Gasteiger partial charge in [-0.1, -0.05) is 36.4 Å². The lowest BCUT2D eigenvalue weighted by Crippen LogP contribution is -1.99. The quantitative estimate of drug-likeness (QED) is 0.640. The standard InChI is InChI=1S/C20H17NO3/c1-23-20-9-5-8-18(21-20)17-12-16(13-22)10-11-19(17)24-14-15-6-3-2-4-7-15/h2-13H,14H2,1H3. The van der Waals surface area contributed by atoms with E-state index in [1.807, 2.05) is 42.5 Å². The van der Waals surface area contributed by atoms with Gasteiger partial charge in [0.15, 0.2) is 0 Å². The molecule has 1 aromatic heterocycles. The Bertz CT molecular complexity index is 831. The SMILES string of the molecule is COc1cccc(-c2cc(C=O)ccc2OCc2ccccc2)n1. The number of ether oxygens (including phenoxy) is 2. The number of benzene rings is 2. The number of hydrogen-bond donors (Lipinski definition) is 0. The van der Waals surface area contributed by atoms with Gasteiger partial charge in [0, 0.05) is 17.2 Å². The first kappa shape index (κ1) is 15.7. The first-order chi connectivity index (χ1) is 11.8.